The Bertz CT molecular complexity index is 847. The minimum atomic E-state index is 0.334. The molecule has 0 amide bonds. The number of ether oxygens (including phenoxy) is 3. The minimum absolute atomic E-state index is 0.334. The number of methoxy groups -OCH3 is 1. The van der Waals surface area contributed by atoms with Gasteiger partial charge in [-0.25, -0.2) is 0 Å². The van der Waals surface area contributed by atoms with Crippen LogP contribution in [0.1, 0.15) is 11.1 Å². The molecular formula is C21H24ClN3O3. The van der Waals surface area contributed by atoms with E-state index in [1.807, 2.05) is 36.4 Å². The summed E-state index contributed by atoms with van der Waals surface area (Å²) >= 11 is 6.37. The number of nitrogens with zero attached hydrogens (tertiary/aromatic N) is 3. The van der Waals surface area contributed by atoms with Crippen molar-refractivity contribution < 1.29 is 14.2 Å². The predicted octanol–water partition coefficient (Wildman–Crippen LogP) is 4.06. The number of hydrogen-bond donors (Lipinski definition) is 0. The Morgan fingerprint density at radius 1 is 1.21 bits per heavy atom. The summed E-state index contributed by atoms with van der Waals surface area (Å²) in [5.74, 6) is 1.43. The van der Waals surface area contributed by atoms with Crippen molar-refractivity contribution in [2.45, 2.75) is 6.61 Å². The maximum atomic E-state index is 6.37. The lowest BCUT2D eigenvalue weighted by Gasteiger charge is -2.30. The first-order chi connectivity index (χ1) is 13.7. The summed E-state index contributed by atoms with van der Waals surface area (Å²) in [7, 11) is 3.28. The van der Waals surface area contributed by atoms with Crippen molar-refractivity contribution in [1.82, 2.24) is 0 Å². The molecule has 1 aliphatic heterocycles. The fraction of sp³-hybridized carbons (Fsp3) is 0.333. The minimum Gasteiger partial charge on any atom is -0.497 e. The van der Waals surface area contributed by atoms with E-state index in [0.717, 1.165) is 30.1 Å². The Morgan fingerprint density at radius 2 is 1.93 bits per heavy atom. The molecule has 1 aliphatic rings. The van der Waals surface area contributed by atoms with Gasteiger partial charge in [-0.2, -0.15) is 0 Å². The lowest BCUT2D eigenvalue weighted by molar-refractivity contribution is 0.122. The molecule has 0 bridgehead atoms. The number of morpholine rings is 1. The van der Waals surface area contributed by atoms with Gasteiger partial charge in [-0.3, -0.25) is 9.98 Å². The van der Waals surface area contributed by atoms with Crippen molar-refractivity contribution in [3.63, 3.8) is 0 Å². The second kappa shape index (κ2) is 9.57. The number of hydrogen-bond acceptors (Lipinski definition) is 6. The van der Waals surface area contributed by atoms with Crippen molar-refractivity contribution in [1.29, 1.82) is 0 Å². The van der Waals surface area contributed by atoms with Crippen LogP contribution < -0.4 is 14.4 Å². The molecule has 1 saturated heterocycles. The first-order valence-corrected chi connectivity index (χ1v) is 9.40. The molecule has 0 aromatic heterocycles. The Kier molecular flexibility index (Phi) is 6.90. The largest absolute Gasteiger partial charge is 0.497 e. The summed E-state index contributed by atoms with van der Waals surface area (Å²) < 4.78 is 16.8. The fourth-order valence-corrected chi connectivity index (χ4v) is 3.22. The van der Waals surface area contributed by atoms with Crippen LogP contribution in [0.4, 0.5) is 11.4 Å². The quantitative estimate of drug-likeness (QED) is 0.656. The van der Waals surface area contributed by atoms with Gasteiger partial charge >= 0.3 is 0 Å². The van der Waals surface area contributed by atoms with Crippen LogP contribution in [0, 0.1) is 0 Å². The smallest absolute Gasteiger partial charge is 0.136 e. The summed E-state index contributed by atoms with van der Waals surface area (Å²) in [6, 6.07) is 11.7. The summed E-state index contributed by atoms with van der Waals surface area (Å²) in [6.45, 7) is 7.08. The van der Waals surface area contributed by atoms with E-state index in [0.29, 0.717) is 42.0 Å². The van der Waals surface area contributed by atoms with Crippen molar-refractivity contribution in [2.24, 2.45) is 9.98 Å². The molecule has 3 rings (SSSR count). The molecule has 0 radical (unpaired) electrons. The highest BCUT2D eigenvalue weighted by molar-refractivity contribution is 6.70. The van der Waals surface area contributed by atoms with Crippen molar-refractivity contribution in [3.05, 3.63) is 47.5 Å². The molecule has 148 valence electrons. The SMILES string of the molecule is C=Nc1cc(N2CCOCC2)cc(OCc2ccc(OC)cc2)c1C(Cl)=NC. The number of halogens is 1. The van der Waals surface area contributed by atoms with E-state index in [-0.39, 0.29) is 0 Å². The lowest BCUT2D eigenvalue weighted by atomic mass is 10.1. The molecule has 0 N–H and O–H groups in total. The van der Waals surface area contributed by atoms with Gasteiger partial charge in [0.25, 0.3) is 0 Å². The average molecular weight is 402 g/mol. The molecule has 6 nitrogen and oxygen atoms in total. The van der Waals surface area contributed by atoms with Crippen LogP contribution in [-0.4, -0.2) is 52.3 Å². The van der Waals surface area contributed by atoms with E-state index in [4.69, 9.17) is 25.8 Å². The number of anilines is 1. The van der Waals surface area contributed by atoms with E-state index < -0.39 is 0 Å². The number of benzene rings is 2. The Balaban J connectivity index is 1.93. The third-order valence-corrected chi connectivity index (χ3v) is 4.93. The molecule has 0 aliphatic carbocycles. The predicted molar refractivity (Wildman–Crippen MR) is 114 cm³/mol. The molecular weight excluding hydrogens is 378 g/mol. The number of aliphatic imine (C=N–C) groups is 2. The number of rotatable bonds is 7. The van der Waals surface area contributed by atoms with E-state index in [2.05, 4.69) is 21.6 Å². The first kappa shape index (κ1) is 20.2. The molecule has 0 saturated carbocycles. The highest BCUT2D eigenvalue weighted by atomic mass is 35.5. The normalized spacial score (nSPS) is 14.7. The monoisotopic (exact) mass is 401 g/mol. The second-order valence-electron chi connectivity index (χ2n) is 6.25. The van der Waals surface area contributed by atoms with Crippen LogP contribution in [0.15, 0.2) is 46.4 Å². The molecule has 1 fully saturated rings. The summed E-state index contributed by atoms with van der Waals surface area (Å²) in [5.41, 5.74) is 3.30. The molecule has 28 heavy (non-hydrogen) atoms. The first-order valence-electron chi connectivity index (χ1n) is 9.02. The molecule has 1 heterocycles. The third kappa shape index (κ3) is 4.64. The van der Waals surface area contributed by atoms with Crippen LogP contribution in [0.3, 0.4) is 0 Å². The molecule has 2 aromatic rings. The Labute approximate surface area is 170 Å². The van der Waals surface area contributed by atoms with Crippen molar-refractivity contribution >= 4 is 34.9 Å². The van der Waals surface area contributed by atoms with Crippen LogP contribution >= 0.6 is 11.6 Å². The van der Waals surface area contributed by atoms with Gasteiger partial charge in [0.05, 0.1) is 31.6 Å². The van der Waals surface area contributed by atoms with E-state index in [1.165, 1.54) is 0 Å². The van der Waals surface area contributed by atoms with Crippen LogP contribution in [0.2, 0.25) is 0 Å². The van der Waals surface area contributed by atoms with Crippen molar-refractivity contribution in [3.8, 4) is 11.5 Å². The maximum Gasteiger partial charge on any atom is 0.136 e. The van der Waals surface area contributed by atoms with Crippen LogP contribution in [0.25, 0.3) is 0 Å². The summed E-state index contributed by atoms with van der Waals surface area (Å²) in [6.07, 6.45) is 0. The van der Waals surface area contributed by atoms with Gasteiger partial charge in [-0.05, 0) is 30.5 Å². The van der Waals surface area contributed by atoms with Gasteiger partial charge in [-0.15, -0.1) is 0 Å². The molecule has 7 heteroatoms. The Hall–Kier alpha value is -2.57. The zero-order valence-corrected chi connectivity index (χ0v) is 16.9. The average Bonchev–Trinajstić information content (AvgIpc) is 2.77. The molecule has 0 atom stereocenters. The standard InChI is InChI=1S/C21H24ClN3O3/c1-23-18-12-16(25-8-10-27-11-9-25)13-19(20(18)21(22)24-2)28-14-15-4-6-17(26-3)7-5-15/h4-7,12-13H,1,8-11,14H2,2-3H3. The zero-order valence-electron chi connectivity index (χ0n) is 16.2. The Morgan fingerprint density at radius 3 is 2.54 bits per heavy atom. The molecule has 0 unspecified atom stereocenters. The van der Waals surface area contributed by atoms with Crippen molar-refractivity contribution in [2.75, 3.05) is 45.4 Å². The topological polar surface area (TPSA) is 55.7 Å². The van der Waals surface area contributed by atoms with Gasteiger partial charge in [0, 0.05) is 31.9 Å². The summed E-state index contributed by atoms with van der Waals surface area (Å²) in [4.78, 5) is 10.5. The molecule has 2 aromatic carbocycles. The van der Waals surface area contributed by atoms with E-state index >= 15 is 0 Å². The van der Waals surface area contributed by atoms with E-state index in [1.54, 1.807) is 14.2 Å². The maximum absolute atomic E-state index is 6.37. The fourth-order valence-electron chi connectivity index (χ4n) is 3.03. The highest BCUT2D eigenvalue weighted by Gasteiger charge is 2.20. The van der Waals surface area contributed by atoms with Gasteiger partial charge in [0.2, 0.25) is 0 Å². The second-order valence-corrected chi connectivity index (χ2v) is 6.60. The van der Waals surface area contributed by atoms with E-state index in [9.17, 15) is 0 Å². The van der Waals surface area contributed by atoms with Gasteiger partial charge in [0.1, 0.15) is 23.3 Å². The third-order valence-electron chi connectivity index (χ3n) is 4.57. The molecule has 0 spiro atoms. The van der Waals surface area contributed by atoms with Gasteiger partial charge in [0.15, 0.2) is 0 Å². The zero-order chi connectivity index (χ0) is 19.9. The highest BCUT2D eigenvalue weighted by Crippen LogP contribution is 2.37. The van der Waals surface area contributed by atoms with Crippen LogP contribution in [0.5, 0.6) is 11.5 Å². The summed E-state index contributed by atoms with van der Waals surface area (Å²) in [5, 5.41) is 0.334. The van der Waals surface area contributed by atoms with Crippen LogP contribution in [-0.2, 0) is 11.3 Å². The lowest BCUT2D eigenvalue weighted by Crippen LogP contribution is -2.36. The van der Waals surface area contributed by atoms with Gasteiger partial charge < -0.3 is 19.1 Å². The van der Waals surface area contributed by atoms with Gasteiger partial charge in [-0.1, -0.05) is 23.7 Å².